The standard InChI is InChI=1S/C8H10N2S2.K/c1-10(8(11)12)6-7-2-4-9-5-3-7;/h2-5H,6H2,1H3,(H,11,12);/q;+1/p-1. The predicted molar refractivity (Wildman–Crippen MR) is 55.7 cm³/mol. The third-order valence-corrected chi connectivity index (χ3v) is 2.10. The molecule has 1 heterocycles. The Labute approximate surface area is 132 Å². The molecule has 0 saturated heterocycles. The second kappa shape index (κ2) is 7.22. The van der Waals surface area contributed by atoms with Crippen molar-refractivity contribution in [2.75, 3.05) is 7.05 Å². The molecule has 1 aromatic rings. The summed E-state index contributed by atoms with van der Waals surface area (Å²) in [6, 6.07) is 3.90. The fraction of sp³-hybridized carbons (Fsp3) is 0.250. The first-order chi connectivity index (χ1) is 5.70. The Bertz CT molecular complexity index is 266. The van der Waals surface area contributed by atoms with E-state index in [-0.39, 0.29) is 51.4 Å². The average molecular weight is 236 g/mol. The monoisotopic (exact) mass is 236 g/mol. The van der Waals surface area contributed by atoms with Crippen molar-refractivity contribution in [3.05, 3.63) is 30.1 Å². The van der Waals surface area contributed by atoms with Crippen LogP contribution in [-0.2, 0) is 19.2 Å². The quantitative estimate of drug-likeness (QED) is 0.347. The summed E-state index contributed by atoms with van der Waals surface area (Å²) < 4.78 is 0.492. The maximum Gasteiger partial charge on any atom is 1.00 e. The van der Waals surface area contributed by atoms with Crippen LogP contribution < -0.4 is 51.4 Å². The van der Waals surface area contributed by atoms with Crippen LogP contribution in [0.4, 0.5) is 0 Å². The minimum Gasteiger partial charge on any atom is -0.411 e. The van der Waals surface area contributed by atoms with E-state index in [0.717, 1.165) is 6.54 Å². The molecule has 64 valence electrons. The first-order valence-corrected chi connectivity index (χ1v) is 4.33. The van der Waals surface area contributed by atoms with Gasteiger partial charge in [0.25, 0.3) is 0 Å². The maximum absolute atomic E-state index is 4.84. The van der Waals surface area contributed by atoms with Gasteiger partial charge in [-0.05, 0) is 17.7 Å². The summed E-state index contributed by atoms with van der Waals surface area (Å²) in [5.41, 5.74) is 1.17. The van der Waals surface area contributed by atoms with Crippen LogP contribution >= 0.6 is 12.2 Å². The summed E-state index contributed by atoms with van der Waals surface area (Å²) in [6.07, 6.45) is 3.52. The van der Waals surface area contributed by atoms with Crippen molar-refractivity contribution in [2.45, 2.75) is 6.54 Å². The molecule has 0 amide bonds. The van der Waals surface area contributed by atoms with E-state index in [1.165, 1.54) is 5.56 Å². The van der Waals surface area contributed by atoms with Gasteiger partial charge in [0.05, 0.1) is 0 Å². The molecule has 0 aliphatic rings. The van der Waals surface area contributed by atoms with Gasteiger partial charge in [-0.15, -0.1) is 0 Å². The van der Waals surface area contributed by atoms with Crippen molar-refractivity contribution in [1.82, 2.24) is 9.88 Å². The molecule has 0 radical (unpaired) electrons. The molecule has 0 aromatic carbocycles. The van der Waals surface area contributed by atoms with Crippen LogP contribution in [0, 0.1) is 0 Å². The summed E-state index contributed by atoms with van der Waals surface area (Å²) in [7, 11) is 1.88. The van der Waals surface area contributed by atoms with Gasteiger partial charge in [0, 0.05) is 26.0 Å². The SMILES string of the molecule is CN(Cc1ccncc1)C(=S)[S-].[K+]. The van der Waals surface area contributed by atoms with E-state index in [0.29, 0.717) is 4.32 Å². The zero-order valence-corrected chi connectivity index (χ0v) is 12.5. The number of hydrogen-bond acceptors (Lipinski definition) is 3. The van der Waals surface area contributed by atoms with E-state index >= 15 is 0 Å². The maximum atomic E-state index is 4.84. The molecular formula is C8H9KN2S2. The normalized spacial score (nSPS) is 8.69. The van der Waals surface area contributed by atoms with Crippen molar-refractivity contribution in [1.29, 1.82) is 0 Å². The van der Waals surface area contributed by atoms with Crippen molar-refractivity contribution in [3.8, 4) is 0 Å². The van der Waals surface area contributed by atoms with Gasteiger partial charge in [-0.25, -0.2) is 0 Å². The molecule has 0 bridgehead atoms. The predicted octanol–water partition coefficient (Wildman–Crippen LogP) is -1.65. The first-order valence-electron chi connectivity index (χ1n) is 3.51. The molecule has 0 aliphatic heterocycles. The smallest absolute Gasteiger partial charge is 0.411 e. The molecular weight excluding hydrogens is 227 g/mol. The Morgan fingerprint density at radius 2 is 2.08 bits per heavy atom. The Hall–Kier alpha value is 0.896. The fourth-order valence-electron chi connectivity index (χ4n) is 0.827. The summed E-state index contributed by atoms with van der Waals surface area (Å²) in [6.45, 7) is 0.755. The van der Waals surface area contributed by atoms with Crippen molar-refractivity contribution < 1.29 is 51.4 Å². The van der Waals surface area contributed by atoms with E-state index in [1.807, 2.05) is 24.1 Å². The van der Waals surface area contributed by atoms with E-state index in [4.69, 9.17) is 24.8 Å². The van der Waals surface area contributed by atoms with E-state index in [1.54, 1.807) is 12.4 Å². The minimum atomic E-state index is 0. The largest absolute Gasteiger partial charge is 1.00 e. The average Bonchev–Trinajstić information content (AvgIpc) is 2.06. The van der Waals surface area contributed by atoms with Gasteiger partial charge < -0.3 is 29.7 Å². The van der Waals surface area contributed by atoms with Crippen molar-refractivity contribution >= 4 is 29.2 Å². The number of nitrogens with zero attached hydrogens (tertiary/aromatic N) is 2. The molecule has 0 fully saturated rings. The van der Waals surface area contributed by atoms with Gasteiger partial charge >= 0.3 is 51.4 Å². The summed E-state index contributed by atoms with van der Waals surface area (Å²) in [4.78, 5) is 5.77. The second-order valence-electron chi connectivity index (χ2n) is 2.48. The van der Waals surface area contributed by atoms with Gasteiger partial charge in [-0.3, -0.25) is 4.98 Å². The number of thiocarbonyl (C=S) groups is 1. The zero-order chi connectivity index (χ0) is 8.97. The number of hydrogen-bond donors (Lipinski definition) is 0. The zero-order valence-electron chi connectivity index (χ0n) is 7.73. The van der Waals surface area contributed by atoms with Crippen LogP contribution in [0.2, 0.25) is 0 Å². The molecule has 0 N–H and O–H groups in total. The number of pyridine rings is 1. The summed E-state index contributed by atoms with van der Waals surface area (Å²) >= 11 is 9.68. The molecule has 0 unspecified atom stereocenters. The fourth-order valence-corrected chi connectivity index (χ4v) is 0.956. The first kappa shape index (κ1) is 13.9. The summed E-state index contributed by atoms with van der Waals surface area (Å²) in [5.74, 6) is 0. The van der Waals surface area contributed by atoms with E-state index < -0.39 is 0 Å². The minimum absolute atomic E-state index is 0. The van der Waals surface area contributed by atoms with Crippen LogP contribution in [0.25, 0.3) is 0 Å². The third kappa shape index (κ3) is 5.36. The Morgan fingerprint density at radius 1 is 1.54 bits per heavy atom. The van der Waals surface area contributed by atoms with E-state index in [2.05, 4.69) is 4.98 Å². The van der Waals surface area contributed by atoms with Gasteiger partial charge in [-0.2, -0.15) is 0 Å². The molecule has 13 heavy (non-hydrogen) atoms. The molecule has 1 rings (SSSR count). The Balaban J connectivity index is 0.00000144. The van der Waals surface area contributed by atoms with E-state index in [9.17, 15) is 0 Å². The third-order valence-electron chi connectivity index (χ3n) is 1.48. The van der Waals surface area contributed by atoms with Gasteiger partial charge in [0.2, 0.25) is 0 Å². The Kier molecular flexibility index (Phi) is 7.72. The topological polar surface area (TPSA) is 16.1 Å². The Morgan fingerprint density at radius 3 is 2.54 bits per heavy atom. The molecule has 0 saturated carbocycles. The molecule has 0 aliphatic carbocycles. The number of rotatable bonds is 2. The van der Waals surface area contributed by atoms with Crippen molar-refractivity contribution in [2.24, 2.45) is 0 Å². The van der Waals surface area contributed by atoms with Crippen LogP contribution in [0.15, 0.2) is 24.5 Å². The number of aromatic nitrogens is 1. The van der Waals surface area contributed by atoms with Crippen LogP contribution in [0.5, 0.6) is 0 Å². The molecule has 2 nitrogen and oxygen atoms in total. The van der Waals surface area contributed by atoms with Crippen LogP contribution in [0.3, 0.4) is 0 Å². The van der Waals surface area contributed by atoms with Crippen LogP contribution in [-0.4, -0.2) is 21.3 Å². The van der Waals surface area contributed by atoms with Gasteiger partial charge in [0.1, 0.15) is 0 Å². The second-order valence-corrected chi connectivity index (χ2v) is 3.51. The van der Waals surface area contributed by atoms with Crippen LogP contribution in [0.1, 0.15) is 5.56 Å². The van der Waals surface area contributed by atoms with Crippen molar-refractivity contribution in [3.63, 3.8) is 0 Å². The molecule has 1 aromatic heterocycles. The van der Waals surface area contributed by atoms with Gasteiger partial charge in [-0.1, -0.05) is 4.32 Å². The van der Waals surface area contributed by atoms with Gasteiger partial charge in [0.15, 0.2) is 0 Å². The molecule has 0 spiro atoms. The molecule has 5 heteroatoms. The molecule has 0 atom stereocenters. The summed E-state index contributed by atoms with van der Waals surface area (Å²) in [5, 5.41) is 0.